The Balaban J connectivity index is 2.03. The van der Waals surface area contributed by atoms with Gasteiger partial charge in [-0.05, 0) is 19.4 Å². The first kappa shape index (κ1) is 14.5. The van der Waals surface area contributed by atoms with Gasteiger partial charge in [-0.1, -0.05) is 25.4 Å². The van der Waals surface area contributed by atoms with Crippen LogP contribution < -0.4 is 0 Å². The fourth-order valence-corrected chi connectivity index (χ4v) is 3.85. The van der Waals surface area contributed by atoms with E-state index in [1.54, 1.807) is 11.3 Å². The number of imidazole rings is 1. The van der Waals surface area contributed by atoms with Gasteiger partial charge in [0.15, 0.2) is 5.82 Å². The lowest BCUT2D eigenvalue weighted by atomic mass is 10.2. The normalized spacial score (nSPS) is 11.7. The summed E-state index contributed by atoms with van der Waals surface area (Å²) in [6.45, 7) is 9.00. The van der Waals surface area contributed by atoms with E-state index in [0.29, 0.717) is 17.6 Å². The molecule has 6 heteroatoms. The van der Waals surface area contributed by atoms with Crippen LogP contribution in [0.5, 0.6) is 0 Å². The van der Waals surface area contributed by atoms with Gasteiger partial charge in [0.25, 0.3) is 0 Å². The fourth-order valence-electron chi connectivity index (χ4n) is 2.42. The molecule has 21 heavy (non-hydrogen) atoms. The zero-order chi connectivity index (χ0) is 15.1. The molecule has 0 saturated carbocycles. The van der Waals surface area contributed by atoms with Gasteiger partial charge in [-0.15, -0.1) is 11.3 Å². The molecule has 0 bridgehead atoms. The molecule has 0 aromatic carbocycles. The van der Waals surface area contributed by atoms with Gasteiger partial charge >= 0.3 is 0 Å². The second-order valence-electron chi connectivity index (χ2n) is 5.46. The zero-order valence-corrected chi connectivity index (χ0v) is 14.1. The number of aryl methyl sites for hydroxylation is 2. The minimum absolute atomic E-state index is 0.366. The molecule has 0 atom stereocenters. The van der Waals surface area contributed by atoms with Crippen molar-refractivity contribution in [2.75, 3.05) is 0 Å². The van der Waals surface area contributed by atoms with Gasteiger partial charge < -0.3 is 4.57 Å². The van der Waals surface area contributed by atoms with Crippen LogP contribution >= 0.6 is 22.9 Å². The number of hydrogen-bond donors (Lipinski definition) is 0. The minimum atomic E-state index is 0.366. The summed E-state index contributed by atoms with van der Waals surface area (Å²) in [6.07, 6.45) is 3.77. The maximum Gasteiger partial charge on any atom is 0.151 e. The molecule has 0 radical (unpaired) electrons. The van der Waals surface area contributed by atoms with Crippen LogP contribution in [0.4, 0.5) is 0 Å². The fraction of sp³-hybridized carbons (Fsp3) is 0.400. The largest absolute Gasteiger partial charge is 0.327 e. The third-order valence-corrected chi connectivity index (χ3v) is 4.98. The van der Waals surface area contributed by atoms with E-state index in [-0.39, 0.29) is 0 Å². The van der Waals surface area contributed by atoms with Crippen molar-refractivity contribution in [3.63, 3.8) is 0 Å². The van der Waals surface area contributed by atoms with Gasteiger partial charge in [-0.3, -0.25) is 0 Å². The Bertz CT molecular complexity index is 803. The van der Waals surface area contributed by atoms with Gasteiger partial charge in [-0.2, -0.15) is 0 Å². The Morgan fingerprint density at radius 1 is 1.29 bits per heavy atom. The van der Waals surface area contributed by atoms with Crippen molar-refractivity contribution in [2.45, 2.75) is 40.2 Å². The van der Waals surface area contributed by atoms with E-state index in [1.165, 1.54) is 10.4 Å². The monoisotopic (exact) mass is 320 g/mol. The molecule has 0 saturated heterocycles. The van der Waals surface area contributed by atoms with Crippen LogP contribution in [0.1, 0.15) is 41.9 Å². The van der Waals surface area contributed by atoms with Gasteiger partial charge in [0.1, 0.15) is 15.8 Å². The lowest BCUT2D eigenvalue weighted by molar-refractivity contribution is 0.651. The number of halogens is 1. The van der Waals surface area contributed by atoms with Crippen molar-refractivity contribution < 1.29 is 0 Å². The molecule has 0 aliphatic heterocycles. The van der Waals surface area contributed by atoms with Crippen molar-refractivity contribution >= 4 is 33.2 Å². The van der Waals surface area contributed by atoms with Crippen LogP contribution in [0.15, 0.2) is 12.4 Å². The molecule has 110 valence electrons. The van der Waals surface area contributed by atoms with Crippen molar-refractivity contribution in [1.82, 2.24) is 19.5 Å². The number of nitrogens with zero attached hydrogens (tertiary/aromatic N) is 4. The second kappa shape index (κ2) is 5.39. The zero-order valence-electron chi connectivity index (χ0n) is 12.5. The quantitative estimate of drug-likeness (QED) is 0.675. The summed E-state index contributed by atoms with van der Waals surface area (Å²) >= 11 is 8.02. The predicted molar refractivity (Wildman–Crippen MR) is 87.3 cm³/mol. The van der Waals surface area contributed by atoms with Crippen molar-refractivity contribution in [3.8, 4) is 0 Å². The van der Waals surface area contributed by atoms with E-state index < -0.39 is 0 Å². The first-order chi connectivity index (χ1) is 9.97. The van der Waals surface area contributed by atoms with Crippen LogP contribution in [0, 0.1) is 13.8 Å². The highest BCUT2D eigenvalue weighted by atomic mass is 35.5. The van der Waals surface area contributed by atoms with Crippen molar-refractivity contribution in [3.05, 3.63) is 39.6 Å². The van der Waals surface area contributed by atoms with E-state index in [4.69, 9.17) is 11.6 Å². The lowest BCUT2D eigenvalue weighted by Gasteiger charge is -2.09. The van der Waals surface area contributed by atoms with Crippen LogP contribution in [0.2, 0.25) is 5.15 Å². The molecule has 3 aromatic heterocycles. The van der Waals surface area contributed by atoms with Gasteiger partial charge in [0, 0.05) is 23.2 Å². The molecule has 3 rings (SSSR count). The predicted octanol–water partition coefficient (Wildman–Crippen LogP) is 4.33. The number of rotatable bonds is 3. The summed E-state index contributed by atoms with van der Waals surface area (Å²) in [5, 5.41) is 1.53. The molecule has 0 aliphatic rings. The van der Waals surface area contributed by atoms with E-state index >= 15 is 0 Å². The van der Waals surface area contributed by atoms with E-state index in [0.717, 1.165) is 21.9 Å². The Kier molecular flexibility index (Phi) is 3.71. The van der Waals surface area contributed by atoms with E-state index in [9.17, 15) is 0 Å². The Labute approximate surface area is 132 Å². The highest BCUT2D eigenvalue weighted by Crippen LogP contribution is 2.33. The molecular formula is C15H17ClN4S. The second-order valence-corrected chi connectivity index (χ2v) is 7.02. The van der Waals surface area contributed by atoms with Gasteiger partial charge in [0.2, 0.25) is 0 Å². The standard InChI is InChI=1S/C15H17ClN4S/c1-8(2)14-17-5-6-20(14)7-11-18-13(16)12-9(3)10(4)21-15(12)19-11/h5-6,8H,7H2,1-4H3. The molecule has 0 fully saturated rings. The summed E-state index contributed by atoms with van der Waals surface area (Å²) in [5.41, 5.74) is 1.18. The maximum absolute atomic E-state index is 6.35. The van der Waals surface area contributed by atoms with Crippen molar-refractivity contribution in [1.29, 1.82) is 0 Å². The highest BCUT2D eigenvalue weighted by molar-refractivity contribution is 7.18. The molecule has 3 aromatic rings. The molecular weight excluding hydrogens is 304 g/mol. The van der Waals surface area contributed by atoms with Crippen LogP contribution in [-0.2, 0) is 6.54 Å². The molecule has 0 N–H and O–H groups in total. The molecule has 0 spiro atoms. The minimum Gasteiger partial charge on any atom is -0.327 e. The Hall–Kier alpha value is -1.46. The summed E-state index contributed by atoms with van der Waals surface area (Å²) in [7, 11) is 0. The first-order valence-electron chi connectivity index (χ1n) is 6.90. The number of hydrogen-bond acceptors (Lipinski definition) is 4. The first-order valence-corrected chi connectivity index (χ1v) is 8.10. The molecule has 0 amide bonds. The Morgan fingerprint density at radius 3 is 2.76 bits per heavy atom. The van der Waals surface area contributed by atoms with Crippen LogP contribution in [-0.4, -0.2) is 19.5 Å². The number of fused-ring (bicyclic) bond motifs is 1. The van der Waals surface area contributed by atoms with Gasteiger partial charge in [-0.25, -0.2) is 15.0 Å². The maximum atomic E-state index is 6.35. The number of thiophene rings is 1. The summed E-state index contributed by atoms with van der Waals surface area (Å²) in [5.74, 6) is 2.13. The number of aromatic nitrogens is 4. The average molecular weight is 321 g/mol. The average Bonchev–Trinajstić information content (AvgIpc) is 2.96. The third kappa shape index (κ3) is 2.56. The Morgan fingerprint density at radius 2 is 2.05 bits per heavy atom. The topological polar surface area (TPSA) is 43.6 Å². The molecule has 3 heterocycles. The van der Waals surface area contributed by atoms with Crippen LogP contribution in [0.3, 0.4) is 0 Å². The third-order valence-electron chi connectivity index (χ3n) is 3.61. The molecule has 4 nitrogen and oxygen atoms in total. The highest BCUT2D eigenvalue weighted by Gasteiger charge is 2.14. The lowest BCUT2D eigenvalue weighted by Crippen LogP contribution is -2.08. The molecule has 0 unspecified atom stereocenters. The van der Waals surface area contributed by atoms with E-state index in [2.05, 4.69) is 47.2 Å². The smallest absolute Gasteiger partial charge is 0.151 e. The summed E-state index contributed by atoms with van der Waals surface area (Å²) in [6, 6.07) is 0. The summed E-state index contributed by atoms with van der Waals surface area (Å²) < 4.78 is 2.08. The summed E-state index contributed by atoms with van der Waals surface area (Å²) in [4.78, 5) is 15.7. The van der Waals surface area contributed by atoms with Gasteiger partial charge in [0.05, 0.1) is 11.9 Å². The van der Waals surface area contributed by atoms with Crippen molar-refractivity contribution in [2.24, 2.45) is 0 Å². The molecule has 0 aliphatic carbocycles. The van der Waals surface area contributed by atoms with E-state index in [1.807, 2.05) is 12.4 Å². The van der Waals surface area contributed by atoms with Crippen LogP contribution in [0.25, 0.3) is 10.2 Å². The SMILES string of the molecule is Cc1sc2nc(Cn3ccnc3C(C)C)nc(Cl)c2c1C.